The average Bonchev–Trinajstić information content (AvgIpc) is 2.86. The van der Waals surface area contributed by atoms with Crippen LogP contribution < -0.4 is 0 Å². The molecule has 2 rings (SSSR count). The second-order valence-corrected chi connectivity index (χ2v) is 7.74. The van der Waals surface area contributed by atoms with Crippen LogP contribution in [0.25, 0.3) is 0 Å². The molecule has 0 spiro atoms. The van der Waals surface area contributed by atoms with Crippen molar-refractivity contribution in [1.82, 2.24) is 4.98 Å². The van der Waals surface area contributed by atoms with E-state index in [0.717, 1.165) is 30.7 Å². The highest BCUT2D eigenvalue weighted by Gasteiger charge is 2.40. The molecule has 21 heavy (non-hydrogen) atoms. The highest BCUT2D eigenvalue weighted by atomic mass is 32.1. The molecule has 1 aliphatic carbocycles. The van der Waals surface area contributed by atoms with Crippen molar-refractivity contribution >= 4 is 17.3 Å². The predicted octanol–water partition coefficient (Wildman–Crippen LogP) is 4.33. The smallest absolute Gasteiger partial charge is 0.347 e. The molecule has 0 aromatic carbocycles. The van der Waals surface area contributed by atoms with Crippen LogP contribution in [0.4, 0.5) is 0 Å². The van der Waals surface area contributed by atoms with Gasteiger partial charge in [0.15, 0.2) is 0 Å². The fraction of sp³-hybridized carbons (Fsp3) is 0.750. The maximum absolute atomic E-state index is 11.6. The van der Waals surface area contributed by atoms with Gasteiger partial charge in [0.05, 0.1) is 5.69 Å². The minimum Gasteiger partial charge on any atom is -0.477 e. The summed E-state index contributed by atoms with van der Waals surface area (Å²) in [5.41, 5.74) is 0.0373. The largest absolute Gasteiger partial charge is 0.477 e. The lowest BCUT2D eigenvalue weighted by atomic mass is 9.84. The first kappa shape index (κ1) is 16.4. The van der Waals surface area contributed by atoms with Gasteiger partial charge in [0.25, 0.3) is 0 Å². The van der Waals surface area contributed by atoms with E-state index in [1.165, 1.54) is 17.8 Å². The maximum atomic E-state index is 11.6. The summed E-state index contributed by atoms with van der Waals surface area (Å²) in [6.07, 6.45) is 5.34. The number of ether oxygens (including phenoxy) is 1. The molecule has 1 aliphatic rings. The molecule has 1 heterocycles. The van der Waals surface area contributed by atoms with E-state index in [1.54, 1.807) is 0 Å². The molecule has 5 heteroatoms. The molecule has 0 saturated heterocycles. The van der Waals surface area contributed by atoms with Crippen LogP contribution in [0, 0.1) is 0 Å². The van der Waals surface area contributed by atoms with Gasteiger partial charge in [-0.15, -0.1) is 11.3 Å². The lowest BCUT2D eigenvalue weighted by Crippen LogP contribution is -2.32. The summed E-state index contributed by atoms with van der Waals surface area (Å²) in [5, 5.41) is 10.3. The number of carbonyl (C=O) groups is 1. The fourth-order valence-electron chi connectivity index (χ4n) is 2.99. The van der Waals surface area contributed by atoms with E-state index < -0.39 is 5.97 Å². The highest BCUT2D eigenvalue weighted by Crippen LogP contribution is 2.44. The molecule has 0 atom stereocenters. The Morgan fingerprint density at radius 2 is 1.95 bits per heavy atom. The SMILES string of the molecule is CCOC1(c2nc(C(C)(C)C)c(C(=O)O)s2)CCCCC1. The molecule has 0 radical (unpaired) electrons. The summed E-state index contributed by atoms with van der Waals surface area (Å²) in [7, 11) is 0. The number of nitrogens with zero attached hydrogens (tertiary/aromatic N) is 1. The van der Waals surface area contributed by atoms with Crippen LogP contribution >= 0.6 is 11.3 Å². The van der Waals surface area contributed by atoms with Crippen molar-refractivity contribution < 1.29 is 14.6 Å². The number of thiazole rings is 1. The quantitative estimate of drug-likeness (QED) is 0.899. The number of carboxylic acid groups (broad SMARTS) is 1. The molecular formula is C16H25NO3S. The third kappa shape index (κ3) is 3.29. The van der Waals surface area contributed by atoms with Crippen LogP contribution in [0.5, 0.6) is 0 Å². The van der Waals surface area contributed by atoms with Crippen LogP contribution in [0.2, 0.25) is 0 Å². The number of aromatic carboxylic acids is 1. The van der Waals surface area contributed by atoms with E-state index in [1.807, 2.05) is 27.7 Å². The van der Waals surface area contributed by atoms with Gasteiger partial charge in [0.2, 0.25) is 0 Å². The first-order valence-electron chi connectivity index (χ1n) is 7.69. The number of carboxylic acids is 1. The van der Waals surface area contributed by atoms with Gasteiger partial charge in [0.1, 0.15) is 15.5 Å². The predicted molar refractivity (Wildman–Crippen MR) is 84.2 cm³/mol. The van der Waals surface area contributed by atoms with Crippen LogP contribution in [-0.4, -0.2) is 22.7 Å². The second kappa shape index (κ2) is 6.05. The summed E-state index contributed by atoms with van der Waals surface area (Å²) in [5.74, 6) is -0.883. The molecule has 0 amide bonds. The first-order valence-corrected chi connectivity index (χ1v) is 8.51. The van der Waals surface area contributed by atoms with Gasteiger partial charge in [-0.3, -0.25) is 0 Å². The van der Waals surface area contributed by atoms with E-state index in [4.69, 9.17) is 9.72 Å². The minimum atomic E-state index is -0.883. The molecule has 1 aromatic heterocycles. The number of hydrogen-bond donors (Lipinski definition) is 1. The van der Waals surface area contributed by atoms with Crippen LogP contribution in [0.1, 0.15) is 80.2 Å². The zero-order chi connectivity index (χ0) is 15.7. The van der Waals surface area contributed by atoms with E-state index >= 15 is 0 Å². The van der Waals surface area contributed by atoms with Crippen LogP contribution in [0.3, 0.4) is 0 Å². The molecule has 0 bridgehead atoms. The zero-order valence-electron chi connectivity index (χ0n) is 13.4. The van der Waals surface area contributed by atoms with Crippen LogP contribution in [0.15, 0.2) is 0 Å². The Kier molecular flexibility index (Phi) is 4.73. The topological polar surface area (TPSA) is 59.4 Å². The summed E-state index contributed by atoms with van der Waals surface area (Å²) >= 11 is 1.30. The third-order valence-electron chi connectivity index (χ3n) is 4.00. The Balaban J connectivity index is 2.49. The Hall–Kier alpha value is -0.940. The van der Waals surface area contributed by atoms with Crippen molar-refractivity contribution in [1.29, 1.82) is 0 Å². The fourth-order valence-corrected chi connectivity index (χ4v) is 4.30. The average molecular weight is 311 g/mol. The molecule has 4 nitrogen and oxygen atoms in total. The molecule has 1 saturated carbocycles. The molecular weight excluding hydrogens is 286 g/mol. The molecule has 0 aliphatic heterocycles. The van der Waals surface area contributed by atoms with Gasteiger partial charge in [-0.2, -0.15) is 0 Å². The standard InChI is InChI=1S/C16H25NO3S/c1-5-20-16(9-7-6-8-10-16)14-17-12(15(2,3)4)11(21-14)13(18)19/h5-10H2,1-4H3,(H,18,19). The molecule has 0 unspecified atom stereocenters. The summed E-state index contributed by atoms with van der Waals surface area (Å²) in [6.45, 7) is 8.64. The maximum Gasteiger partial charge on any atom is 0.347 e. The third-order valence-corrected chi connectivity index (χ3v) is 5.23. The lowest BCUT2D eigenvalue weighted by molar-refractivity contribution is -0.0705. The first-order chi connectivity index (χ1) is 9.80. The minimum absolute atomic E-state index is 0.273. The molecule has 118 valence electrons. The van der Waals surface area contributed by atoms with Gasteiger partial charge < -0.3 is 9.84 Å². The van der Waals surface area contributed by atoms with Crippen molar-refractivity contribution in [3.05, 3.63) is 15.6 Å². The molecule has 1 fully saturated rings. The van der Waals surface area contributed by atoms with Gasteiger partial charge >= 0.3 is 5.97 Å². The van der Waals surface area contributed by atoms with Crippen molar-refractivity contribution in [3.8, 4) is 0 Å². The van der Waals surface area contributed by atoms with Gasteiger partial charge in [-0.25, -0.2) is 9.78 Å². The lowest BCUT2D eigenvalue weighted by Gasteiger charge is -2.35. The van der Waals surface area contributed by atoms with E-state index in [9.17, 15) is 9.90 Å². The zero-order valence-corrected chi connectivity index (χ0v) is 14.2. The summed E-state index contributed by atoms with van der Waals surface area (Å²) in [4.78, 5) is 16.6. The number of aromatic nitrogens is 1. The van der Waals surface area contributed by atoms with E-state index in [2.05, 4.69) is 0 Å². The Morgan fingerprint density at radius 1 is 1.33 bits per heavy atom. The number of hydrogen-bond acceptors (Lipinski definition) is 4. The monoisotopic (exact) mass is 311 g/mol. The van der Waals surface area contributed by atoms with Crippen molar-refractivity contribution in [2.24, 2.45) is 0 Å². The van der Waals surface area contributed by atoms with E-state index in [-0.39, 0.29) is 11.0 Å². The van der Waals surface area contributed by atoms with Gasteiger partial charge in [-0.05, 0) is 19.8 Å². The Labute approximate surface area is 130 Å². The Morgan fingerprint density at radius 3 is 2.38 bits per heavy atom. The molecule has 1 N–H and O–H groups in total. The molecule has 1 aromatic rings. The number of rotatable bonds is 4. The van der Waals surface area contributed by atoms with Gasteiger partial charge in [-0.1, -0.05) is 40.0 Å². The second-order valence-electron chi connectivity index (χ2n) is 6.74. The van der Waals surface area contributed by atoms with E-state index in [0.29, 0.717) is 17.2 Å². The summed E-state index contributed by atoms with van der Waals surface area (Å²) in [6, 6.07) is 0. The summed E-state index contributed by atoms with van der Waals surface area (Å²) < 4.78 is 6.07. The Bertz CT molecular complexity index is 505. The van der Waals surface area contributed by atoms with Crippen molar-refractivity contribution in [2.75, 3.05) is 6.61 Å². The van der Waals surface area contributed by atoms with Crippen LogP contribution in [-0.2, 0) is 15.8 Å². The highest BCUT2D eigenvalue weighted by molar-refractivity contribution is 7.13. The van der Waals surface area contributed by atoms with Gasteiger partial charge in [0, 0.05) is 12.0 Å². The normalized spacial score (nSPS) is 18.7. The van der Waals surface area contributed by atoms with Crippen molar-refractivity contribution in [2.45, 2.75) is 70.8 Å². The van der Waals surface area contributed by atoms with Crippen molar-refractivity contribution in [3.63, 3.8) is 0 Å².